The number of hydrogen-bond donors (Lipinski definition) is 1. The second-order valence-electron chi connectivity index (χ2n) is 5.68. The smallest absolute Gasteiger partial charge is 0.0369 e. The lowest BCUT2D eigenvalue weighted by molar-refractivity contribution is 0.238. The molecule has 1 aliphatic rings. The van der Waals surface area contributed by atoms with Crippen molar-refractivity contribution < 1.29 is 0 Å². The van der Waals surface area contributed by atoms with Gasteiger partial charge in [-0.3, -0.25) is 4.90 Å². The van der Waals surface area contributed by atoms with Gasteiger partial charge in [0.05, 0.1) is 0 Å². The maximum Gasteiger partial charge on any atom is 0.0369 e. The number of aryl methyl sites for hydroxylation is 1. The molecule has 0 amide bonds. The van der Waals surface area contributed by atoms with Gasteiger partial charge in [0.15, 0.2) is 0 Å². The van der Waals surface area contributed by atoms with Crippen molar-refractivity contribution in [2.45, 2.75) is 32.7 Å². The Morgan fingerprint density at radius 3 is 2.58 bits per heavy atom. The molecule has 106 valence electrons. The summed E-state index contributed by atoms with van der Waals surface area (Å²) in [7, 11) is 0. The second-order valence-corrected chi connectivity index (χ2v) is 5.68. The molecular weight excluding hydrogens is 234 g/mol. The van der Waals surface area contributed by atoms with Gasteiger partial charge in [0, 0.05) is 44.5 Å². The van der Waals surface area contributed by atoms with Gasteiger partial charge in [-0.25, -0.2) is 0 Å². The zero-order chi connectivity index (χ0) is 13.7. The molecule has 1 unspecified atom stereocenters. The standard InChI is InChI=1S/C16H27N3/c1-3-5-15(17)13-18-8-10-19(11-9-18)16-7-4-6-14(2)12-16/h4,6-7,12,15H,3,5,8-11,13,17H2,1-2H3. The SMILES string of the molecule is CCCC(N)CN1CCN(c2cccc(C)c2)CC1. The van der Waals surface area contributed by atoms with Gasteiger partial charge in [0.1, 0.15) is 0 Å². The van der Waals surface area contributed by atoms with Gasteiger partial charge in [0.25, 0.3) is 0 Å². The molecule has 19 heavy (non-hydrogen) atoms. The van der Waals surface area contributed by atoms with Crippen LogP contribution in [0.2, 0.25) is 0 Å². The lowest BCUT2D eigenvalue weighted by atomic mass is 10.1. The summed E-state index contributed by atoms with van der Waals surface area (Å²) in [6.07, 6.45) is 2.32. The van der Waals surface area contributed by atoms with Gasteiger partial charge >= 0.3 is 0 Å². The third-order valence-corrected chi connectivity index (χ3v) is 3.89. The Labute approximate surface area is 117 Å². The van der Waals surface area contributed by atoms with Crippen molar-refractivity contribution in [2.75, 3.05) is 37.6 Å². The van der Waals surface area contributed by atoms with Crippen LogP contribution >= 0.6 is 0 Å². The molecule has 1 atom stereocenters. The van der Waals surface area contributed by atoms with Crippen LogP contribution < -0.4 is 10.6 Å². The lowest BCUT2D eigenvalue weighted by Gasteiger charge is -2.37. The predicted molar refractivity (Wildman–Crippen MR) is 82.7 cm³/mol. The van der Waals surface area contributed by atoms with Gasteiger partial charge in [-0.05, 0) is 31.0 Å². The molecule has 1 fully saturated rings. The Hall–Kier alpha value is -1.06. The Kier molecular flexibility index (Phi) is 5.23. The van der Waals surface area contributed by atoms with Crippen LogP contribution in [-0.4, -0.2) is 43.7 Å². The van der Waals surface area contributed by atoms with Crippen molar-refractivity contribution in [1.29, 1.82) is 0 Å². The van der Waals surface area contributed by atoms with Crippen molar-refractivity contribution in [3.8, 4) is 0 Å². The molecule has 0 aromatic heterocycles. The fourth-order valence-electron chi connectivity index (χ4n) is 2.81. The molecule has 0 spiro atoms. The molecule has 1 heterocycles. The number of nitrogens with zero attached hydrogens (tertiary/aromatic N) is 2. The third-order valence-electron chi connectivity index (χ3n) is 3.89. The second kappa shape index (κ2) is 6.92. The van der Waals surface area contributed by atoms with Gasteiger partial charge in [-0.1, -0.05) is 25.5 Å². The van der Waals surface area contributed by atoms with Crippen LogP contribution in [0.25, 0.3) is 0 Å². The van der Waals surface area contributed by atoms with Crippen LogP contribution in [0, 0.1) is 6.92 Å². The van der Waals surface area contributed by atoms with Crippen LogP contribution in [0.3, 0.4) is 0 Å². The highest BCUT2D eigenvalue weighted by Gasteiger charge is 2.18. The van der Waals surface area contributed by atoms with Crippen LogP contribution in [0.15, 0.2) is 24.3 Å². The van der Waals surface area contributed by atoms with Crippen LogP contribution in [-0.2, 0) is 0 Å². The molecule has 0 saturated carbocycles. The van der Waals surface area contributed by atoms with Crippen molar-refractivity contribution in [1.82, 2.24) is 4.90 Å². The summed E-state index contributed by atoms with van der Waals surface area (Å²) < 4.78 is 0. The van der Waals surface area contributed by atoms with Gasteiger partial charge in [-0.15, -0.1) is 0 Å². The summed E-state index contributed by atoms with van der Waals surface area (Å²) in [5.74, 6) is 0. The minimum atomic E-state index is 0.343. The normalized spacial score (nSPS) is 18.6. The molecule has 1 aromatic carbocycles. The molecule has 2 N–H and O–H groups in total. The fourth-order valence-corrected chi connectivity index (χ4v) is 2.81. The van der Waals surface area contributed by atoms with Crippen LogP contribution in [0.5, 0.6) is 0 Å². The summed E-state index contributed by atoms with van der Waals surface area (Å²) in [5, 5.41) is 0. The van der Waals surface area contributed by atoms with E-state index in [9.17, 15) is 0 Å². The summed E-state index contributed by atoms with van der Waals surface area (Å²) in [4.78, 5) is 4.99. The quantitative estimate of drug-likeness (QED) is 0.882. The Morgan fingerprint density at radius 1 is 1.21 bits per heavy atom. The van der Waals surface area contributed by atoms with Crippen LogP contribution in [0.4, 0.5) is 5.69 Å². The first kappa shape index (κ1) is 14.4. The Balaban J connectivity index is 1.82. The molecule has 2 rings (SSSR count). The molecule has 3 nitrogen and oxygen atoms in total. The molecule has 0 radical (unpaired) electrons. The summed E-state index contributed by atoms with van der Waals surface area (Å²) in [6.45, 7) is 9.90. The van der Waals surface area contributed by atoms with Gasteiger partial charge in [-0.2, -0.15) is 0 Å². The predicted octanol–water partition coefficient (Wildman–Crippen LogP) is 2.24. The minimum Gasteiger partial charge on any atom is -0.369 e. The largest absolute Gasteiger partial charge is 0.369 e. The van der Waals surface area contributed by atoms with E-state index in [1.165, 1.54) is 17.7 Å². The Morgan fingerprint density at radius 2 is 1.95 bits per heavy atom. The van der Waals surface area contributed by atoms with Gasteiger partial charge in [0.2, 0.25) is 0 Å². The highest BCUT2D eigenvalue weighted by Crippen LogP contribution is 2.17. The monoisotopic (exact) mass is 261 g/mol. The molecule has 3 heteroatoms. The number of benzene rings is 1. The van der Waals surface area contributed by atoms with E-state index in [1.807, 2.05) is 0 Å². The number of hydrogen-bond acceptors (Lipinski definition) is 3. The number of rotatable bonds is 5. The van der Waals surface area contributed by atoms with E-state index in [0.29, 0.717) is 6.04 Å². The number of piperazine rings is 1. The maximum absolute atomic E-state index is 6.13. The van der Waals surface area contributed by atoms with Crippen molar-refractivity contribution in [2.24, 2.45) is 5.73 Å². The van der Waals surface area contributed by atoms with Crippen molar-refractivity contribution >= 4 is 5.69 Å². The maximum atomic E-state index is 6.13. The van der Waals surface area contributed by atoms with E-state index in [0.717, 1.165) is 39.1 Å². The zero-order valence-electron chi connectivity index (χ0n) is 12.3. The number of nitrogens with two attached hydrogens (primary N) is 1. The molecule has 0 bridgehead atoms. The van der Waals surface area contributed by atoms with E-state index in [1.54, 1.807) is 0 Å². The molecule has 1 saturated heterocycles. The fraction of sp³-hybridized carbons (Fsp3) is 0.625. The first-order valence-electron chi connectivity index (χ1n) is 7.48. The average molecular weight is 261 g/mol. The van der Waals surface area contributed by atoms with E-state index >= 15 is 0 Å². The van der Waals surface area contributed by atoms with E-state index in [-0.39, 0.29) is 0 Å². The lowest BCUT2D eigenvalue weighted by Crippen LogP contribution is -2.49. The first-order valence-corrected chi connectivity index (χ1v) is 7.48. The third kappa shape index (κ3) is 4.22. The van der Waals surface area contributed by atoms with E-state index < -0.39 is 0 Å². The van der Waals surface area contributed by atoms with Gasteiger partial charge < -0.3 is 10.6 Å². The minimum absolute atomic E-state index is 0.343. The Bertz CT molecular complexity index is 383. The highest BCUT2D eigenvalue weighted by atomic mass is 15.3. The molecule has 1 aromatic rings. The highest BCUT2D eigenvalue weighted by molar-refractivity contribution is 5.48. The molecular formula is C16H27N3. The molecule has 0 aliphatic carbocycles. The van der Waals surface area contributed by atoms with Crippen molar-refractivity contribution in [3.63, 3.8) is 0 Å². The zero-order valence-corrected chi connectivity index (χ0v) is 12.3. The van der Waals surface area contributed by atoms with Crippen LogP contribution in [0.1, 0.15) is 25.3 Å². The summed E-state index contributed by atoms with van der Waals surface area (Å²) in [5.41, 5.74) is 8.82. The topological polar surface area (TPSA) is 32.5 Å². The van der Waals surface area contributed by atoms with E-state index in [2.05, 4.69) is 47.9 Å². The average Bonchev–Trinajstić information content (AvgIpc) is 2.40. The summed E-state index contributed by atoms with van der Waals surface area (Å²) in [6, 6.07) is 9.14. The first-order chi connectivity index (χ1) is 9.19. The molecule has 1 aliphatic heterocycles. The van der Waals surface area contributed by atoms with E-state index in [4.69, 9.17) is 5.73 Å². The van der Waals surface area contributed by atoms with Crippen molar-refractivity contribution in [3.05, 3.63) is 29.8 Å². The summed E-state index contributed by atoms with van der Waals surface area (Å²) >= 11 is 0. The number of anilines is 1.